The number of nitrogens with one attached hydrogen (secondary N) is 2. The Bertz CT molecular complexity index is 5500. The van der Waals surface area contributed by atoms with Crippen LogP contribution in [-0.4, -0.2) is 141 Å². The lowest BCUT2D eigenvalue weighted by molar-refractivity contribution is 0.0505. The maximum Gasteiger partial charge on any atom is 0.488 e. The topological polar surface area (TPSA) is 320 Å². The summed E-state index contributed by atoms with van der Waals surface area (Å²) < 4.78 is 81.3. The van der Waals surface area contributed by atoms with Crippen LogP contribution in [0, 0.1) is 23.3 Å². The van der Waals surface area contributed by atoms with Crippen molar-refractivity contribution in [1.29, 1.82) is 0 Å². The van der Waals surface area contributed by atoms with E-state index in [0.717, 1.165) is 80.1 Å². The highest BCUT2D eigenvalue weighted by Gasteiger charge is 2.26. The summed E-state index contributed by atoms with van der Waals surface area (Å²) in [6, 6.07) is 70.0. The summed E-state index contributed by atoms with van der Waals surface area (Å²) in [7, 11) is 1.74. The van der Waals surface area contributed by atoms with E-state index >= 15 is 0 Å². The van der Waals surface area contributed by atoms with Crippen LogP contribution < -0.4 is 14.9 Å². The van der Waals surface area contributed by atoms with Gasteiger partial charge in [-0.2, -0.15) is 10.4 Å². The fraction of sp³-hybridized carbons (Fsp3) is 0.122. The van der Waals surface area contributed by atoms with Crippen molar-refractivity contribution in [3.63, 3.8) is 0 Å². The summed E-state index contributed by atoms with van der Waals surface area (Å²) in [6.07, 6.45) is 0. The minimum absolute atomic E-state index is 0.104. The van der Waals surface area contributed by atoms with Crippen molar-refractivity contribution in [2.24, 2.45) is 0 Å². The Balaban J connectivity index is 0.000000158. The van der Waals surface area contributed by atoms with Crippen LogP contribution in [0.3, 0.4) is 0 Å². The Morgan fingerprint density at radius 2 is 0.690 bits per heavy atom. The molecule has 0 spiro atoms. The number of hydrogen-bond acceptors (Lipinski definition) is 23. The summed E-state index contributed by atoms with van der Waals surface area (Å²) in [5, 5.41) is 64.6. The monoisotopic (exact) mass is 1710 g/mol. The second-order valence-electron chi connectivity index (χ2n) is 23.8. The molecule has 4 heterocycles. The average Bonchev–Trinajstić information content (AvgIpc) is 1.63. The first-order valence-electron chi connectivity index (χ1n) is 35.0. The SMILES string of the molecule is CCOC(=O)c1n[nH]nc1Sc1ccc(-c2ccc(F)cc2)cc1.CCOC(=O)c1nnn(Cc2ccc(OC)cc2)c1Sc1ccc(-c2ccc(F)cc2)cc1.CCOC(=O)c1nnn(Cc2ccc(OC)cc2)c1Sc1ccc(Br)cc1.O=C(O)c1n[nH]nc1Sc1ccc(-c2ccc(F)cc2)cc1.OB(O)c1ccc(F)cc1. The highest BCUT2D eigenvalue weighted by Crippen LogP contribution is 2.36. The van der Waals surface area contributed by atoms with Gasteiger partial charge in [0, 0.05) is 24.1 Å². The van der Waals surface area contributed by atoms with Crippen LogP contribution >= 0.6 is 63.0 Å². The van der Waals surface area contributed by atoms with Crippen molar-refractivity contribution in [2.75, 3.05) is 34.0 Å². The number of rotatable bonds is 25. The molecule has 34 heteroatoms. The number of aromatic carboxylic acids is 1. The second-order valence-corrected chi connectivity index (χ2v) is 29.0. The fourth-order valence-electron chi connectivity index (χ4n) is 10.2. The molecule has 5 N–H and O–H groups in total. The van der Waals surface area contributed by atoms with E-state index in [1.165, 1.54) is 108 Å². The molecule has 116 heavy (non-hydrogen) atoms. The largest absolute Gasteiger partial charge is 0.497 e. The van der Waals surface area contributed by atoms with Gasteiger partial charge in [0.05, 0.1) is 47.1 Å². The highest BCUT2D eigenvalue weighted by molar-refractivity contribution is 9.10. The van der Waals surface area contributed by atoms with Crippen LogP contribution in [0.2, 0.25) is 0 Å². The lowest BCUT2D eigenvalue weighted by Crippen LogP contribution is -2.29. The quantitative estimate of drug-likeness (QED) is 0.0154. The number of ether oxygens (including phenoxy) is 5. The first-order valence-corrected chi connectivity index (χ1v) is 39.1. The Labute approximate surface area is 688 Å². The molecule has 0 aliphatic heterocycles. The zero-order chi connectivity index (χ0) is 82.5. The Morgan fingerprint density at radius 1 is 0.397 bits per heavy atom. The average molecular weight is 1710 g/mol. The van der Waals surface area contributed by atoms with E-state index in [4.69, 9.17) is 38.8 Å². The maximum atomic E-state index is 13.2. The number of carbonyl (C=O) groups excluding carboxylic acids is 3. The molecule has 0 aliphatic rings. The molecular formula is C82H70BBrF4N12O12S4. The van der Waals surface area contributed by atoms with Crippen molar-refractivity contribution in [3.8, 4) is 44.9 Å². The maximum absolute atomic E-state index is 13.2. The predicted molar refractivity (Wildman–Crippen MR) is 434 cm³/mol. The van der Waals surface area contributed by atoms with Crippen molar-refractivity contribution in [2.45, 2.75) is 73.5 Å². The normalized spacial score (nSPS) is 10.6. The lowest BCUT2D eigenvalue weighted by Gasteiger charge is -2.09. The van der Waals surface area contributed by atoms with Crippen LogP contribution in [0.4, 0.5) is 17.6 Å². The standard InChI is InChI=1S/C25H22FN3O3S.C19H18BrN3O3S.C17H14FN3O2S.C15H10FN3O2S.C6H6BFO2/c1-3-32-25(30)23-24(29(28-27-23)16-17-4-12-21(31-2)13-5-17)33-22-14-8-19(9-15-22)18-6-10-20(26)11-7-18;1-3-26-19(24)17-18(27-16-10-6-14(20)7-11-16)23(22-21-17)12-13-4-8-15(25-2)9-5-13;1-2-23-17(22)15-16(20-21-19-15)24-14-9-5-12(6-10-14)11-3-7-13(18)8-4-11;16-11-5-1-9(2-6-11)10-3-7-12(8-4-10)22-14-13(15(20)21)17-19-18-14;8-6-3-1-5(2-4-6)7(9)10/h4-15H,3,16H2,1-2H3;4-11H,3,12H2,1-2H3;3-10H,2H2,1H3,(H,19,20,21);1-8H,(H,20,21)(H,17,18,19);1-4,9-10H. The van der Waals surface area contributed by atoms with Gasteiger partial charge in [0.1, 0.15) is 44.8 Å². The summed E-state index contributed by atoms with van der Waals surface area (Å²) in [4.78, 5) is 51.1. The highest BCUT2D eigenvalue weighted by atomic mass is 79.9. The number of benzene rings is 10. The van der Waals surface area contributed by atoms with Crippen LogP contribution in [0.15, 0.2) is 287 Å². The van der Waals surface area contributed by atoms with E-state index in [2.05, 4.69) is 67.4 Å². The fourth-order valence-corrected chi connectivity index (χ4v) is 13.9. The summed E-state index contributed by atoms with van der Waals surface area (Å²) >= 11 is 8.77. The third kappa shape index (κ3) is 25.2. The number of hydrogen-bond donors (Lipinski definition) is 5. The van der Waals surface area contributed by atoms with Crippen molar-refractivity contribution < 1.29 is 75.6 Å². The van der Waals surface area contributed by atoms with Gasteiger partial charge in [-0.3, -0.25) is 0 Å². The van der Waals surface area contributed by atoms with E-state index in [9.17, 15) is 36.7 Å². The van der Waals surface area contributed by atoms with Crippen molar-refractivity contribution in [3.05, 3.63) is 304 Å². The predicted octanol–water partition coefficient (Wildman–Crippen LogP) is 16.8. The molecule has 0 bridgehead atoms. The first kappa shape index (κ1) is 86.2. The van der Waals surface area contributed by atoms with Crippen LogP contribution in [-0.2, 0) is 27.3 Å². The van der Waals surface area contributed by atoms with Gasteiger partial charge in [0.2, 0.25) is 22.8 Å². The van der Waals surface area contributed by atoms with Crippen molar-refractivity contribution >= 4 is 99.4 Å². The molecule has 14 aromatic rings. The summed E-state index contributed by atoms with van der Waals surface area (Å²) in [5.74, 6) is -2.25. The van der Waals surface area contributed by atoms with Crippen LogP contribution in [0.25, 0.3) is 33.4 Å². The molecule has 14 rings (SSSR count). The van der Waals surface area contributed by atoms with Gasteiger partial charge < -0.3 is 38.8 Å². The Hall–Kier alpha value is -12.2. The molecule has 592 valence electrons. The molecular weight excluding hydrogens is 1640 g/mol. The van der Waals surface area contributed by atoms with Crippen molar-refractivity contribution in [1.82, 2.24) is 60.8 Å². The number of carboxylic acid groups (broad SMARTS) is 1. The number of carbonyl (C=O) groups is 4. The summed E-state index contributed by atoms with van der Waals surface area (Å²) in [5.41, 5.74) is 8.43. The molecule has 0 amide bonds. The smallest absolute Gasteiger partial charge is 0.488 e. The number of nitrogens with zero attached hydrogens (tertiary/aromatic N) is 10. The number of carboxylic acids is 1. The molecule has 0 fully saturated rings. The van der Waals surface area contributed by atoms with Crippen LogP contribution in [0.1, 0.15) is 73.9 Å². The number of aromatic nitrogens is 12. The van der Waals surface area contributed by atoms with E-state index in [1.807, 2.05) is 146 Å². The molecule has 0 saturated heterocycles. The molecule has 0 radical (unpaired) electrons. The minimum Gasteiger partial charge on any atom is -0.497 e. The lowest BCUT2D eigenvalue weighted by atomic mass is 9.80. The van der Waals surface area contributed by atoms with Gasteiger partial charge in [-0.15, -0.1) is 30.6 Å². The number of methoxy groups -OCH3 is 2. The molecule has 0 saturated carbocycles. The van der Waals surface area contributed by atoms with Gasteiger partial charge in [-0.1, -0.05) is 183 Å². The summed E-state index contributed by atoms with van der Waals surface area (Å²) in [6.45, 7) is 6.98. The molecule has 0 atom stereocenters. The zero-order valence-electron chi connectivity index (χ0n) is 62.2. The van der Waals surface area contributed by atoms with E-state index < -0.39 is 31.0 Å². The third-order valence-electron chi connectivity index (χ3n) is 15.9. The number of aromatic amines is 2. The van der Waals surface area contributed by atoms with E-state index in [1.54, 1.807) is 80.8 Å². The Morgan fingerprint density at radius 3 is 1.01 bits per heavy atom. The van der Waals surface area contributed by atoms with E-state index in [0.29, 0.717) is 38.7 Å². The van der Waals surface area contributed by atoms with Gasteiger partial charge in [-0.25, -0.2) is 46.1 Å². The molecule has 24 nitrogen and oxygen atoms in total. The van der Waals surface area contributed by atoms with Gasteiger partial charge in [0.25, 0.3) is 0 Å². The van der Waals surface area contributed by atoms with Crippen LogP contribution in [0.5, 0.6) is 11.5 Å². The van der Waals surface area contributed by atoms with Gasteiger partial charge in [0.15, 0.2) is 10.1 Å². The van der Waals surface area contributed by atoms with E-state index in [-0.39, 0.29) is 65.9 Å². The second kappa shape index (κ2) is 43.3. The zero-order valence-corrected chi connectivity index (χ0v) is 67.1. The van der Waals surface area contributed by atoms with Gasteiger partial charge in [-0.05, 0) is 204 Å². The minimum atomic E-state index is -1.51. The van der Waals surface area contributed by atoms with Gasteiger partial charge >= 0.3 is 31.0 Å². The number of halogens is 5. The molecule has 0 unspecified atom stereocenters. The molecule has 0 aliphatic carbocycles. The number of esters is 3. The first-order chi connectivity index (χ1) is 56.2. The third-order valence-corrected chi connectivity index (χ3v) is 20.6. The Kier molecular flexibility index (Phi) is 32.2. The molecule has 10 aromatic carbocycles. The number of H-pyrrole nitrogens is 2. The molecule has 4 aromatic heterocycles.